The maximum atomic E-state index is 13.2. The minimum Gasteiger partial charge on any atom is -0.490 e. The molecule has 152 valence electrons. The van der Waals surface area contributed by atoms with Crippen LogP contribution in [0.1, 0.15) is 49.7 Å². The second-order valence-electron chi connectivity index (χ2n) is 6.24. The van der Waals surface area contributed by atoms with Gasteiger partial charge in [0.05, 0.1) is 25.9 Å². The molecule has 0 fully saturated rings. The molecule has 0 saturated carbocycles. The standard InChI is InChI=1S/C22H28FNO4/c1-6-26-19-13-17(14-20(27-7-2)21(19)28-8-3)22(25)24(5)15(4)16-9-11-18(23)12-10-16/h9-15H,6-8H2,1-5H3. The second kappa shape index (κ2) is 9.97. The van der Waals surface area contributed by atoms with Gasteiger partial charge in [0.1, 0.15) is 5.82 Å². The van der Waals surface area contributed by atoms with Crippen molar-refractivity contribution in [2.24, 2.45) is 0 Å². The van der Waals surface area contributed by atoms with Crippen LogP contribution in [-0.4, -0.2) is 37.7 Å². The molecule has 2 rings (SSSR count). The van der Waals surface area contributed by atoms with Gasteiger partial charge < -0.3 is 19.1 Å². The Hall–Kier alpha value is -2.76. The van der Waals surface area contributed by atoms with Crippen molar-refractivity contribution in [1.82, 2.24) is 4.90 Å². The molecule has 0 radical (unpaired) electrons. The third kappa shape index (κ3) is 4.94. The summed E-state index contributed by atoms with van der Waals surface area (Å²) in [6.45, 7) is 8.83. The predicted molar refractivity (Wildman–Crippen MR) is 107 cm³/mol. The first-order valence-corrected chi connectivity index (χ1v) is 9.51. The number of carbonyl (C=O) groups is 1. The van der Waals surface area contributed by atoms with Crippen LogP contribution in [0.15, 0.2) is 36.4 Å². The van der Waals surface area contributed by atoms with E-state index in [1.54, 1.807) is 36.2 Å². The molecule has 0 spiro atoms. The third-order valence-corrected chi connectivity index (χ3v) is 4.41. The number of amides is 1. The first-order chi connectivity index (χ1) is 13.4. The van der Waals surface area contributed by atoms with E-state index in [1.807, 2.05) is 27.7 Å². The number of benzene rings is 2. The number of carbonyl (C=O) groups excluding carboxylic acids is 1. The lowest BCUT2D eigenvalue weighted by atomic mass is 10.1. The van der Waals surface area contributed by atoms with Crippen molar-refractivity contribution < 1.29 is 23.4 Å². The van der Waals surface area contributed by atoms with Crippen LogP contribution in [0.4, 0.5) is 4.39 Å². The highest BCUT2D eigenvalue weighted by Gasteiger charge is 2.23. The fourth-order valence-corrected chi connectivity index (χ4v) is 2.86. The van der Waals surface area contributed by atoms with Crippen molar-refractivity contribution in [2.45, 2.75) is 33.7 Å². The maximum Gasteiger partial charge on any atom is 0.254 e. The number of halogens is 1. The number of rotatable bonds is 9. The van der Waals surface area contributed by atoms with Gasteiger partial charge in [-0.1, -0.05) is 12.1 Å². The highest BCUT2D eigenvalue weighted by atomic mass is 19.1. The normalized spacial score (nSPS) is 11.6. The Kier molecular flexibility index (Phi) is 7.67. The molecule has 2 aromatic rings. The average molecular weight is 389 g/mol. The van der Waals surface area contributed by atoms with E-state index in [0.29, 0.717) is 42.6 Å². The number of nitrogens with zero attached hydrogens (tertiary/aromatic N) is 1. The molecule has 0 heterocycles. The molecule has 0 aromatic heterocycles. The van der Waals surface area contributed by atoms with Crippen LogP contribution in [0.3, 0.4) is 0 Å². The van der Waals surface area contributed by atoms with Crippen molar-refractivity contribution >= 4 is 5.91 Å². The molecule has 2 aromatic carbocycles. The summed E-state index contributed by atoms with van der Waals surface area (Å²) in [7, 11) is 1.72. The summed E-state index contributed by atoms with van der Waals surface area (Å²) < 4.78 is 30.3. The van der Waals surface area contributed by atoms with E-state index in [-0.39, 0.29) is 17.8 Å². The van der Waals surface area contributed by atoms with E-state index in [4.69, 9.17) is 14.2 Å². The Morgan fingerprint density at radius 3 is 1.93 bits per heavy atom. The fourth-order valence-electron chi connectivity index (χ4n) is 2.86. The molecular weight excluding hydrogens is 361 g/mol. The molecular formula is C22H28FNO4. The molecule has 0 N–H and O–H groups in total. The van der Waals surface area contributed by atoms with Crippen LogP contribution >= 0.6 is 0 Å². The Morgan fingerprint density at radius 1 is 0.964 bits per heavy atom. The van der Waals surface area contributed by atoms with Crippen molar-refractivity contribution in [2.75, 3.05) is 26.9 Å². The molecule has 1 unspecified atom stereocenters. The summed E-state index contributed by atoms with van der Waals surface area (Å²) in [6, 6.07) is 9.26. The molecule has 28 heavy (non-hydrogen) atoms. The van der Waals surface area contributed by atoms with Gasteiger partial charge in [0.2, 0.25) is 5.75 Å². The highest BCUT2D eigenvalue weighted by Crippen LogP contribution is 2.39. The second-order valence-corrected chi connectivity index (χ2v) is 6.24. The van der Waals surface area contributed by atoms with Gasteiger partial charge in [-0.15, -0.1) is 0 Å². The molecule has 0 aliphatic rings. The van der Waals surface area contributed by atoms with Gasteiger partial charge in [0.15, 0.2) is 11.5 Å². The number of hydrogen-bond donors (Lipinski definition) is 0. The largest absolute Gasteiger partial charge is 0.490 e. The minimum absolute atomic E-state index is 0.193. The average Bonchev–Trinajstić information content (AvgIpc) is 2.69. The smallest absolute Gasteiger partial charge is 0.254 e. The maximum absolute atomic E-state index is 13.2. The summed E-state index contributed by atoms with van der Waals surface area (Å²) in [5, 5.41) is 0. The zero-order chi connectivity index (χ0) is 20.7. The van der Waals surface area contributed by atoms with Crippen molar-refractivity contribution in [3.05, 3.63) is 53.3 Å². The fraction of sp³-hybridized carbons (Fsp3) is 0.409. The molecule has 1 amide bonds. The van der Waals surface area contributed by atoms with E-state index < -0.39 is 0 Å². The van der Waals surface area contributed by atoms with Crippen molar-refractivity contribution in [3.63, 3.8) is 0 Å². The quantitative estimate of drug-likeness (QED) is 0.615. The Labute approximate surface area is 166 Å². The van der Waals surface area contributed by atoms with Crippen LogP contribution in [0.5, 0.6) is 17.2 Å². The van der Waals surface area contributed by atoms with E-state index in [0.717, 1.165) is 5.56 Å². The number of hydrogen-bond acceptors (Lipinski definition) is 4. The molecule has 0 bridgehead atoms. The van der Waals surface area contributed by atoms with E-state index in [9.17, 15) is 9.18 Å². The van der Waals surface area contributed by atoms with Crippen LogP contribution in [-0.2, 0) is 0 Å². The highest BCUT2D eigenvalue weighted by molar-refractivity contribution is 5.95. The monoisotopic (exact) mass is 389 g/mol. The number of ether oxygens (including phenoxy) is 3. The summed E-state index contributed by atoms with van der Waals surface area (Å²) in [5.74, 6) is 0.945. The van der Waals surface area contributed by atoms with E-state index in [2.05, 4.69) is 0 Å². The summed E-state index contributed by atoms with van der Waals surface area (Å²) in [6.07, 6.45) is 0. The molecule has 1 atom stereocenters. The van der Waals surface area contributed by atoms with Gasteiger partial charge in [-0.25, -0.2) is 4.39 Å². The van der Waals surface area contributed by atoms with E-state index >= 15 is 0 Å². The molecule has 0 aliphatic carbocycles. The van der Waals surface area contributed by atoms with Crippen molar-refractivity contribution in [1.29, 1.82) is 0 Å². The van der Waals surface area contributed by atoms with Crippen LogP contribution in [0, 0.1) is 5.82 Å². The predicted octanol–water partition coefficient (Wildman–Crippen LogP) is 4.86. The molecule has 5 nitrogen and oxygen atoms in total. The first-order valence-electron chi connectivity index (χ1n) is 9.51. The Morgan fingerprint density at radius 2 is 1.46 bits per heavy atom. The SMILES string of the molecule is CCOc1cc(C(=O)N(C)C(C)c2ccc(F)cc2)cc(OCC)c1OCC. The summed E-state index contributed by atoms with van der Waals surface area (Å²) >= 11 is 0. The summed E-state index contributed by atoms with van der Waals surface area (Å²) in [4.78, 5) is 14.7. The lowest BCUT2D eigenvalue weighted by Crippen LogP contribution is -2.29. The van der Waals surface area contributed by atoms with Crippen molar-refractivity contribution in [3.8, 4) is 17.2 Å². The lowest BCUT2D eigenvalue weighted by Gasteiger charge is -2.26. The van der Waals surface area contributed by atoms with Gasteiger partial charge in [-0.05, 0) is 57.5 Å². The minimum atomic E-state index is -0.306. The van der Waals surface area contributed by atoms with Crippen LogP contribution in [0.25, 0.3) is 0 Å². The molecule has 0 aliphatic heterocycles. The van der Waals surface area contributed by atoms with Gasteiger partial charge in [0, 0.05) is 12.6 Å². The van der Waals surface area contributed by atoms with Crippen LogP contribution < -0.4 is 14.2 Å². The van der Waals surface area contributed by atoms with Gasteiger partial charge >= 0.3 is 0 Å². The molecule has 6 heteroatoms. The van der Waals surface area contributed by atoms with Gasteiger partial charge in [-0.2, -0.15) is 0 Å². The Bertz CT molecular complexity index is 765. The first kappa shape index (κ1) is 21.5. The zero-order valence-electron chi connectivity index (χ0n) is 17.1. The van der Waals surface area contributed by atoms with Crippen LogP contribution in [0.2, 0.25) is 0 Å². The molecule has 0 saturated heterocycles. The van der Waals surface area contributed by atoms with Gasteiger partial charge in [-0.3, -0.25) is 4.79 Å². The Balaban J connectivity index is 2.38. The zero-order valence-corrected chi connectivity index (χ0v) is 17.1. The lowest BCUT2D eigenvalue weighted by molar-refractivity contribution is 0.0741. The van der Waals surface area contributed by atoms with Gasteiger partial charge in [0.25, 0.3) is 5.91 Å². The van der Waals surface area contributed by atoms with E-state index in [1.165, 1.54) is 12.1 Å². The topological polar surface area (TPSA) is 48.0 Å². The summed E-state index contributed by atoms with van der Waals surface area (Å²) in [5.41, 5.74) is 1.28. The third-order valence-electron chi connectivity index (χ3n) is 4.41.